The fourth-order valence-electron chi connectivity index (χ4n) is 2.18. The number of hydrogen-bond donors (Lipinski definition) is 2. The van der Waals surface area contributed by atoms with Crippen molar-refractivity contribution in [2.45, 2.75) is 51.1 Å². The van der Waals surface area contributed by atoms with Crippen LogP contribution in [0.25, 0.3) is 0 Å². The minimum atomic E-state index is -0.129. The Balaban J connectivity index is 1.99. The Bertz CT molecular complexity index is 390. The fourth-order valence-corrected chi connectivity index (χ4v) is 2.18. The molecule has 1 saturated carbocycles. The molecule has 1 aromatic carbocycles. The van der Waals surface area contributed by atoms with Gasteiger partial charge in [0.2, 0.25) is 0 Å². The van der Waals surface area contributed by atoms with Gasteiger partial charge in [0, 0.05) is 18.7 Å². The van der Waals surface area contributed by atoms with E-state index in [0.29, 0.717) is 12.5 Å². The van der Waals surface area contributed by atoms with E-state index in [1.54, 1.807) is 6.07 Å². The van der Waals surface area contributed by atoms with Gasteiger partial charge in [-0.1, -0.05) is 12.1 Å². The fraction of sp³-hybridized carbons (Fsp3) is 0.600. The van der Waals surface area contributed by atoms with Crippen molar-refractivity contribution in [2.24, 2.45) is 0 Å². The van der Waals surface area contributed by atoms with Gasteiger partial charge in [0.25, 0.3) is 0 Å². The normalized spacial score (nSPS) is 16.8. The molecule has 2 N–H and O–H groups in total. The number of rotatable bonds is 7. The first-order chi connectivity index (χ1) is 8.70. The van der Waals surface area contributed by atoms with Gasteiger partial charge in [0.05, 0.1) is 0 Å². The molecule has 3 heteroatoms. The summed E-state index contributed by atoms with van der Waals surface area (Å²) in [5, 5.41) is 12.3. The lowest BCUT2D eigenvalue weighted by Crippen LogP contribution is -2.20. The van der Waals surface area contributed by atoms with Gasteiger partial charge in [-0.05, 0) is 56.2 Å². The van der Waals surface area contributed by atoms with E-state index in [4.69, 9.17) is 5.11 Å². The zero-order valence-electron chi connectivity index (χ0n) is 11.0. The molecule has 1 unspecified atom stereocenters. The van der Waals surface area contributed by atoms with Gasteiger partial charge in [0.1, 0.15) is 5.82 Å². The first kappa shape index (κ1) is 13.5. The topological polar surface area (TPSA) is 32.3 Å². The standard InChI is InChI=1S/C15H22FNO/c1-11(17-14-6-7-14)12-5-8-15(16)13(10-12)4-2-3-9-18/h5,8,10-11,14,17-18H,2-4,6-7,9H2,1H3. The molecule has 1 atom stereocenters. The summed E-state index contributed by atoms with van der Waals surface area (Å²) in [6.45, 7) is 2.31. The van der Waals surface area contributed by atoms with Gasteiger partial charge in [-0.3, -0.25) is 0 Å². The SMILES string of the molecule is CC(NC1CC1)c1ccc(F)c(CCCCO)c1. The van der Waals surface area contributed by atoms with Crippen molar-refractivity contribution in [3.05, 3.63) is 35.1 Å². The number of benzene rings is 1. The molecule has 1 aliphatic carbocycles. The van der Waals surface area contributed by atoms with Crippen molar-refractivity contribution in [1.29, 1.82) is 0 Å². The Kier molecular flexibility index (Phi) is 4.72. The minimum Gasteiger partial charge on any atom is -0.396 e. The smallest absolute Gasteiger partial charge is 0.126 e. The van der Waals surface area contributed by atoms with Crippen LogP contribution in [-0.4, -0.2) is 17.8 Å². The highest BCUT2D eigenvalue weighted by Crippen LogP contribution is 2.25. The molecule has 100 valence electrons. The molecule has 2 nitrogen and oxygen atoms in total. The third kappa shape index (κ3) is 3.79. The van der Waals surface area contributed by atoms with Crippen molar-refractivity contribution < 1.29 is 9.50 Å². The number of halogens is 1. The molecule has 0 aliphatic heterocycles. The van der Waals surface area contributed by atoms with Crippen LogP contribution in [-0.2, 0) is 6.42 Å². The summed E-state index contributed by atoms with van der Waals surface area (Å²) in [6, 6.07) is 6.34. The molecule has 0 aromatic heterocycles. The first-order valence-corrected chi connectivity index (χ1v) is 6.86. The van der Waals surface area contributed by atoms with Crippen molar-refractivity contribution in [3.63, 3.8) is 0 Å². The van der Waals surface area contributed by atoms with Gasteiger partial charge in [-0.2, -0.15) is 0 Å². The van der Waals surface area contributed by atoms with Crippen LogP contribution < -0.4 is 5.32 Å². The van der Waals surface area contributed by atoms with E-state index in [2.05, 4.69) is 12.2 Å². The highest BCUT2D eigenvalue weighted by molar-refractivity contribution is 5.27. The van der Waals surface area contributed by atoms with Crippen LogP contribution in [0.15, 0.2) is 18.2 Å². The predicted molar refractivity (Wildman–Crippen MR) is 71.0 cm³/mol. The van der Waals surface area contributed by atoms with E-state index in [1.807, 2.05) is 12.1 Å². The van der Waals surface area contributed by atoms with Crippen LogP contribution in [0, 0.1) is 5.82 Å². The van der Waals surface area contributed by atoms with E-state index >= 15 is 0 Å². The summed E-state index contributed by atoms with van der Waals surface area (Å²) in [5.41, 5.74) is 1.92. The second-order valence-corrected chi connectivity index (χ2v) is 5.19. The highest BCUT2D eigenvalue weighted by Gasteiger charge is 2.23. The Labute approximate surface area is 108 Å². The molecule has 0 amide bonds. The van der Waals surface area contributed by atoms with Gasteiger partial charge < -0.3 is 10.4 Å². The maximum absolute atomic E-state index is 13.7. The molecule has 2 rings (SSSR count). The number of nitrogens with one attached hydrogen (secondary N) is 1. The number of unbranched alkanes of at least 4 members (excludes halogenated alkanes) is 1. The molecular formula is C15H22FNO. The molecule has 0 radical (unpaired) electrons. The Hall–Kier alpha value is -0.930. The minimum absolute atomic E-state index is 0.129. The molecule has 0 bridgehead atoms. The number of aliphatic hydroxyl groups excluding tert-OH is 1. The van der Waals surface area contributed by atoms with Crippen LogP contribution in [0.2, 0.25) is 0 Å². The predicted octanol–water partition coefficient (Wildman–Crippen LogP) is 2.95. The average molecular weight is 251 g/mol. The van der Waals surface area contributed by atoms with Crippen molar-refractivity contribution in [2.75, 3.05) is 6.61 Å². The first-order valence-electron chi connectivity index (χ1n) is 6.86. The zero-order chi connectivity index (χ0) is 13.0. The average Bonchev–Trinajstić information content (AvgIpc) is 3.15. The monoisotopic (exact) mass is 251 g/mol. The zero-order valence-corrected chi connectivity index (χ0v) is 11.0. The van der Waals surface area contributed by atoms with Crippen molar-refractivity contribution in [1.82, 2.24) is 5.32 Å². The van der Waals surface area contributed by atoms with E-state index in [-0.39, 0.29) is 18.5 Å². The van der Waals surface area contributed by atoms with Crippen LogP contribution in [0.1, 0.15) is 49.8 Å². The van der Waals surface area contributed by atoms with Crippen molar-refractivity contribution >= 4 is 0 Å². The van der Waals surface area contributed by atoms with E-state index in [9.17, 15) is 4.39 Å². The maximum Gasteiger partial charge on any atom is 0.126 e. The van der Waals surface area contributed by atoms with Gasteiger partial charge in [0.15, 0.2) is 0 Å². The third-order valence-electron chi connectivity index (χ3n) is 3.49. The summed E-state index contributed by atoms with van der Waals surface area (Å²) in [5.74, 6) is -0.129. The number of aliphatic hydroxyl groups is 1. The summed E-state index contributed by atoms with van der Waals surface area (Å²) in [7, 11) is 0. The largest absolute Gasteiger partial charge is 0.396 e. The third-order valence-corrected chi connectivity index (χ3v) is 3.49. The van der Waals surface area contributed by atoms with E-state index in [1.165, 1.54) is 12.8 Å². The summed E-state index contributed by atoms with van der Waals surface area (Å²) in [6.07, 6.45) is 4.79. The van der Waals surface area contributed by atoms with E-state index in [0.717, 1.165) is 24.0 Å². The van der Waals surface area contributed by atoms with E-state index < -0.39 is 0 Å². The maximum atomic E-state index is 13.7. The molecular weight excluding hydrogens is 229 g/mol. The Morgan fingerprint density at radius 1 is 1.39 bits per heavy atom. The molecule has 18 heavy (non-hydrogen) atoms. The number of aryl methyl sites for hydroxylation is 1. The molecule has 1 aromatic rings. The lowest BCUT2D eigenvalue weighted by Gasteiger charge is -2.15. The van der Waals surface area contributed by atoms with Crippen LogP contribution in [0.3, 0.4) is 0 Å². The lowest BCUT2D eigenvalue weighted by molar-refractivity contribution is 0.284. The van der Waals surface area contributed by atoms with Crippen LogP contribution in [0.5, 0.6) is 0 Å². The highest BCUT2D eigenvalue weighted by atomic mass is 19.1. The van der Waals surface area contributed by atoms with Crippen LogP contribution in [0.4, 0.5) is 4.39 Å². The van der Waals surface area contributed by atoms with Crippen molar-refractivity contribution in [3.8, 4) is 0 Å². The summed E-state index contributed by atoms with van der Waals surface area (Å²) < 4.78 is 13.7. The van der Waals surface area contributed by atoms with Gasteiger partial charge in [-0.15, -0.1) is 0 Å². The number of hydrogen-bond acceptors (Lipinski definition) is 2. The lowest BCUT2D eigenvalue weighted by atomic mass is 10.0. The molecule has 0 heterocycles. The second-order valence-electron chi connectivity index (χ2n) is 5.19. The molecule has 1 fully saturated rings. The molecule has 0 spiro atoms. The van der Waals surface area contributed by atoms with Gasteiger partial charge in [-0.25, -0.2) is 4.39 Å². The van der Waals surface area contributed by atoms with Gasteiger partial charge >= 0.3 is 0 Å². The molecule has 0 saturated heterocycles. The molecule has 1 aliphatic rings. The Morgan fingerprint density at radius 3 is 2.83 bits per heavy atom. The van der Waals surface area contributed by atoms with Crippen LogP contribution >= 0.6 is 0 Å². The summed E-state index contributed by atoms with van der Waals surface area (Å²) in [4.78, 5) is 0. The summed E-state index contributed by atoms with van der Waals surface area (Å²) >= 11 is 0. The quantitative estimate of drug-likeness (QED) is 0.730. The second kappa shape index (κ2) is 6.30. The Morgan fingerprint density at radius 2 is 2.17 bits per heavy atom.